The summed E-state index contributed by atoms with van der Waals surface area (Å²) in [6, 6.07) is -0.163. The highest BCUT2D eigenvalue weighted by Gasteiger charge is 2.25. The van der Waals surface area contributed by atoms with Crippen LogP contribution < -0.4 is 11.1 Å². The highest BCUT2D eigenvalue weighted by molar-refractivity contribution is 5.80. The molecule has 6 nitrogen and oxygen atoms in total. The lowest BCUT2D eigenvalue weighted by Gasteiger charge is -2.30. The minimum Gasteiger partial charge on any atom is -0.350 e. The molecule has 0 radical (unpaired) electrons. The van der Waals surface area contributed by atoms with Crippen LogP contribution in [0.4, 0.5) is 0 Å². The van der Waals surface area contributed by atoms with E-state index >= 15 is 0 Å². The second-order valence-corrected chi connectivity index (χ2v) is 4.61. The monoisotopic (exact) mass is 237 g/mol. The SMILES string of the molecule is CC(C(=O)NC1CCCCC1N)n1cncn1. The predicted molar refractivity (Wildman–Crippen MR) is 63.1 cm³/mol. The Labute approximate surface area is 101 Å². The summed E-state index contributed by atoms with van der Waals surface area (Å²) in [6.07, 6.45) is 7.23. The maximum atomic E-state index is 12.0. The van der Waals surface area contributed by atoms with Gasteiger partial charge in [-0.25, -0.2) is 9.67 Å². The van der Waals surface area contributed by atoms with Crippen LogP contribution >= 0.6 is 0 Å². The van der Waals surface area contributed by atoms with Crippen molar-refractivity contribution in [2.75, 3.05) is 0 Å². The van der Waals surface area contributed by atoms with Crippen molar-refractivity contribution in [1.29, 1.82) is 0 Å². The lowest BCUT2D eigenvalue weighted by molar-refractivity contribution is -0.125. The molecular formula is C11H19N5O. The number of hydrogen-bond donors (Lipinski definition) is 2. The maximum absolute atomic E-state index is 12.0. The van der Waals surface area contributed by atoms with Crippen molar-refractivity contribution in [1.82, 2.24) is 20.1 Å². The second kappa shape index (κ2) is 5.27. The Morgan fingerprint density at radius 2 is 2.29 bits per heavy atom. The molecule has 1 aromatic rings. The average molecular weight is 237 g/mol. The Balaban J connectivity index is 1.92. The normalized spacial score (nSPS) is 26.5. The molecular weight excluding hydrogens is 218 g/mol. The minimum atomic E-state index is -0.341. The third-order valence-corrected chi connectivity index (χ3v) is 3.36. The highest BCUT2D eigenvalue weighted by atomic mass is 16.2. The number of nitrogens with one attached hydrogen (secondary N) is 1. The molecule has 3 N–H and O–H groups in total. The molecule has 1 aliphatic rings. The van der Waals surface area contributed by atoms with Gasteiger partial charge in [-0.2, -0.15) is 5.10 Å². The number of aromatic nitrogens is 3. The van der Waals surface area contributed by atoms with Gasteiger partial charge in [0.2, 0.25) is 5.91 Å². The van der Waals surface area contributed by atoms with Gasteiger partial charge < -0.3 is 11.1 Å². The average Bonchev–Trinajstić information content (AvgIpc) is 2.84. The van der Waals surface area contributed by atoms with E-state index in [0.717, 1.165) is 25.7 Å². The van der Waals surface area contributed by atoms with Crippen LogP contribution in [0, 0.1) is 0 Å². The molecule has 1 saturated carbocycles. The van der Waals surface area contributed by atoms with Gasteiger partial charge in [-0.1, -0.05) is 12.8 Å². The summed E-state index contributed by atoms with van der Waals surface area (Å²) in [6.45, 7) is 1.80. The topological polar surface area (TPSA) is 85.8 Å². The van der Waals surface area contributed by atoms with E-state index in [0.29, 0.717) is 0 Å². The van der Waals surface area contributed by atoms with Crippen LogP contribution in [0.2, 0.25) is 0 Å². The van der Waals surface area contributed by atoms with Gasteiger partial charge in [-0.05, 0) is 19.8 Å². The van der Waals surface area contributed by atoms with Gasteiger partial charge in [0.25, 0.3) is 0 Å². The van der Waals surface area contributed by atoms with Gasteiger partial charge in [0, 0.05) is 12.1 Å². The number of carbonyl (C=O) groups excluding carboxylic acids is 1. The summed E-state index contributed by atoms with van der Waals surface area (Å²) in [7, 11) is 0. The quantitative estimate of drug-likeness (QED) is 0.787. The Morgan fingerprint density at radius 1 is 1.53 bits per heavy atom. The van der Waals surface area contributed by atoms with E-state index in [1.165, 1.54) is 6.33 Å². The van der Waals surface area contributed by atoms with E-state index in [2.05, 4.69) is 15.4 Å². The number of hydrogen-bond acceptors (Lipinski definition) is 4. The standard InChI is InChI=1S/C11H19N5O/c1-8(16-7-13-6-14-16)11(17)15-10-5-3-2-4-9(10)12/h6-10H,2-5,12H2,1H3,(H,15,17). The van der Waals surface area contributed by atoms with E-state index in [-0.39, 0.29) is 24.0 Å². The number of nitrogens with zero attached hydrogens (tertiary/aromatic N) is 3. The van der Waals surface area contributed by atoms with Crippen molar-refractivity contribution in [2.45, 2.75) is 50.7 Å². The smallest absolute Gasteiger partial charge is 0.244 e. The minimum absolute atomic E-state index is 0.0437. The number of rotatable bonds is 3. The van der Waals surface area contributed by atoms with Crippen molar-refractivity contribution < 1.29 is 4.79 Å². The van der Waals surface area contributed by atoms with Gasteiger partial charge in [0.15, 0.2) is 0 Å². The first-order valence-electron chi connectivity index (χ1n) is 6.08. The van der Waals surface area contributed by atoms with E-state index < -0.39 is 0 Å². The fourth-order valence-electron chi connectivity index (χ4n) is 2.18. The van der Waals surface area contributed by atoms with Crippen molar-refractivity contribution in [3.05, 3.63) is 12.7 Å². The largest absolute Gasteiger partial charge is 0.350 e. The zero-order chi connectivity index (χ0) is 12.3. The van der Waals surface area contributed by atoms with Gasteiger partial charge in [-0.3, -0.25) is 4.79 Å². The second-order valence-electron chi connectivity index (χ2n) is 4.61. The van der Waals surface area contributed by atoms with Gasteiger partial charge in [0.05, 0.1) is 0 Å². The third-order valence-electron chi connectivity index (χ3n) is 3.36. The maximum Gasteiger partial charge on any atom is 0.244 e. The Bertz CT molecular complexity index is 364. The first-order chi connectivity index (χ1) is 8.18. The summed E-state index contributed by atoms with van der Waals surface area (Å²) < 4.78 is 1.55. The van der Waals surface area contributed by atoms with Crippen LogP contribution in [0.5, 0.6) is 0 Å². The third kappa shape index (κ3) is 2.82. The summed E-state index contributed by atoms with van der Waals surface area (Å²) in [5, 5.41) is 6.97. The number of carbonyl (C=O) groups is 1. The van der Waals surface area contributed by atoms with E-state index in [9.17, 15) is 4.79 Å². The molecule has 0 bridgehead atoms. The Morgan fingerprint density at radius 3 is 2.94 bits per heavy atom. The number of amides is 1. The van der Waals surface area contributed by atoms with Crippen LogP contribution in [0.25, 0.3) is 0 Å². The first kappa shape index (κ1) is 12.0. The lowest BCUT2D eigenvalue weighted by atomic mass is 9.91. The van der Waals surface area contributed by atoms with Crippen molar-refractivity contribution in [3.8, 4) is 0 Å². The van der Waals surface area contributed by atoms with Crippen LogP contribution in [0.15, 0.2) is 12.7 Å². The van der Waals surface area contributed by atoms with Crippen molar-refractivity contribution in [2.24, 2.45) is 5.73 Å². The molecule has 1 aromatic heterocycles. The van der Waals surface area contributed by atoms with Crippen molar-refractivity contribution in [3.63, 3.8) is 0 Å². The highest BCUT2D eigenvalue weighted by Crippen LogP contribution is 2.17. The number of nitrogens with two attached hydrogens (primary N) is 1. The zero-order valence-electron chi connectivity index (χ0n) is 10.0. The summed E-state index contributed by atoms with van der Waals surface area (Å²) in [5.74, 6) is -0.0437. The van der Waals surface area contributed by atoms with Crippen LogP contribution in [-0.2, 0) is 4.79 Å². The van der Waals surface area contributed by atoms with Crippen LogP contribution in [-0.4, -0.2) is 32.8 Å². The molecule has 2 rings (SSSR count). The van der Waals surface area contributed by atoms with Gasteiger partial charge >= 0.3 is 0 Å². The van der Waals surface area contributed by atoms with Crippen LogP contribution in [0.1, 0.15) is 38.6 Å². The Kier molecular flexibility index (Phi) is 3.73. The van der Waals surface area contributed by atoms with E-state index in [1.807, 2.05) is 0 Å². The van der Waals surface area contributed by atoms with Gasteiger partial charge in [0.1, 0.15) is 18.7 Å². The summed E-state index contributed by atoms with van der Waals surface area (Å²) in [5.41, 5.74) is 6.00. The predicted octanol–water partition coefficient (Wildman–Crippen LogP) is 0.225. The fraction of sp³-hybridized carbons (Fsp3) is 0.727. The molecule has 1 fully saturated rings. The fourth-order valence-corrected chi connectivity index (χ4v) is 2.18. The molecule has 0 spiro atoms. The molecule has 0 aliphatic heterocycles. The zero-order valence-corrected chi connectivity index (χ0v) is 10.0. The van der Waals surface area contributed by atoms with E-state index in [1.54, 1.807) is 17.9 Å². The van der Waals surface area contributed by atoms with Gasteiger partial charge in [-0.15, -0.1) is 0 Å². The van der Waals surface area contributed by atoms with Crippen molar-refractivity contribution >= 4 is 5.91 Å². The molecule has 0 aromatic carbocycles. The molecule has 6 heteroatoms. The summed E-state index contributed by atoms with van der Waals surface area (Å²) >= 11 is 0. The molecule has 0 saturated heterocycles. The first-order valence-corrected chi connectivity index (χ1v) is 6.08. The molecule has 94 valence electrons. The molecule has 1 aliphatic carbocycles. The van der Waals surface area contributed by atoms with Crippen LogP contribution in [0.3, 0.4) is 0 Å². The molecule has 3 unspecified atom stereocenters. The molecule has 3 atom stereocenters. The lowest BCUT2D eigenvalue weighted by Crippen LogP contribution is -2.50. The molecule has 17 heavy (non-hydrogen) atoms. The summed E-state index contributed by atoms with van der Waals surface area (Å²) in [4.78, 5) is 15.8. The van der Waals surface area contributed by atoms with E-state index in [4.69, 9.17) is 5.73 Å². The Hall–Kier alpha value is -1.43. The molecule has 1 heterocycles. The molecule has 1 amide bonds.